The maximum absolute atomic E-state index is 13.4. The Kier molecular flexibility index (Phi) is 3.11. The van der Waals surface area contributed by atoms with Gasteiger partial charge >= 0.3 is 0 Å². The molecular weight excluding hydrogens is 226 g/mol. The maximum Gasteiger partial charge on any atom is 0.256 e. The zero-order valence-corrected chi connectivity index (χ0v) is 9.49. The molecule has 1 aliphatic heterocycles. The van der Waals surface area contributed by atoms with E-state index in [0.717, 1.165) is 18.2 Å². The average Bonchev–Trinajstić information content (AvgIpc) is 2.62. The molecule has 1 heterocycles. The first-order valence-corrected chi connectivity index (χ1v) is 5.49. The van der Waals surface area contributed by atoms with Crippen molar-refractivity contribution in [1.82, 2.24) is 4.90 Å². The van der Waals surface area contributed by atoms with E-state index in [4.69, 9.17) is 5.73 Å². The minimum absolute atomic E-state index is 0.101. The van der Waals surface area contributed by atoms with Gasteiger partial charge in [0.1, 0.15) is 11.6 Å². The van der Waals surface area contributed by atoms with Gasteiger partial charge in [0.2, 0.25) is 0 Å². The van der Waals surface area contributed by atoms with Crippen molar-refractivity contribution in [2.24, 2.45) is 11.7 Å². The van der Waals surface area contributed by atoms with Crippen LogP contribution in [0.2, 0.25) is 0 Å². The van der Waals surface area contributed by atoms with Crippen LogP contribution in [0.1, 0.15) is 17.3 Å². The molecule has 2 rings (SSSR count). The Morgan fingerprint density at radius 1 is 1.41 bits per heavy atom. The van der Waals surface area contributed by atoms with Crippen molar-refractivity contribution >= 4 is 5.91 Å². The Bertz CT molecular complexity index is 440. The molecule has 0 aliphatic carbocycles. The molecule has 2 unspecified atom stereocenters. The first kappa shape index (κ1) is 12.0. The fourth-order valence-electron chi connectivity index (χ4n) is 1.99. The van der Waals surface area contributed by atoms with E-state index in [9.17, 15) is 13.6 Å². The number of rotatable bonds is 1. The Labute approximate surface area is 98.2 Å². The van der Waals surface area contributed by atoms with Crippen LogP contribution in [0, 0.1) is 17.6 Å². The summed E-state index contributed by atoms with van der Waals surface area (Å²) in [4.78, 5) is 13.4. The van der Waals surface area contributed by atoms with E-state index < -0.39 is 17.5 Å². The molecule has 1 aliphatic rings. The number of hydrogen-bond acceptors (Lipinski definition) is 2. The third kappa shape index (κ3) is 2.29. The lowest BCUT2D eigenvalue weighted by atomic mass is 10.1. The van der Waals surface area contributed by atoms with E-state index in [1.165, 1.54) is 4.90 Å². The lowest BCUT2D eigenvalue weighted by Crippen LogP contribution is -2.32. The van der Waals surface area contributed by atoms with Crippen molar-refractivity contribution in [1.29, 1.82) is 0 Å². The van der Waals surface area contributed by atoms with Crippen molar-refractivity contribution in [3.05, 3.63) is 35.4 Å². The van der Waals surface area contributed by atoms with Gasteiger partial charge in [0, 0.05) is 19.1 Å². The summed E-state index contributed by atoms with van der Waals surface area (Å²) in [5.74, 6) is -1.65. The van der Waals surface area contributed by atoms with Gasteiger partial charge in [-0.1, -0.05) is 6.92 Å². The molecule has 0 aromatic heterocycles. The first-order valence-electron chi connectivity index (χ1n) is 5.49. The number of halogens is 2. The first-order chi connectivity index (χ1) is 7.99. The number of likely N-dealkylation sites (tertiary alicyclic amines) is 1. The Balaban J connectivity index is 2.23. The highest BCUT2D eigenvalue weighted by atomic mass is 19.1. The second-order valence-electron chi connectivity index (χ2n) is 4.48. The van der Waals surface area contributed by atoms with E-state index in [-0.39, 0.29) is 17.5 Å². The molecule has 0 spiro atoms. The second kappa shape index (κ2) is 4.41. The molecule has 17 heavy (non-hydrogen) atoms. The zero-order chi connectivity index (χ0) is 12.6. The number of nitrogens with zero attached hydrogens (tertiary/aromatic N) is 1. The Morgan fingerprint density at radius 2 is 2.12 bits per heavy atom. The van der Waals surface area contributed by atoms with Gasteiger partial charge in [-0.2, -0.15) is 0 Å². The second-order valence-corrected chi connectivity index (χ2v) is 4.48. The van der Waals surface area contributed by atoms with Crippen molar-refractivity contribution < 1.29 is 13.6 Å². The number of nitrogens with two attached hydrogens (primary N) is 1. The van der Waals surface area contributed by atoms with Crippen molar-refractivity contribution in [3.8, 4) is 0 Å². The number of amides is 1. The maximum atomic E-state index is 13.4. The summed E-state index contributed by atoms with van der Waals surface area (Å²) < 4.78 is 26.4. The Hall–Kier alpha value is -1.49. The molecule has 92 valence electrons. The highest BCUT2D eigenvalue weighted by Gasteiger charge is 2.31. The number of carbonyl (C=O) groups excluding carboxylic acids is 1. The number of benzene rings is 1. The minimum atomic E-state index is -0.704. The minimum Gasteiger partial charge on any atom is -0.337 e. The summed E-state index contributed by atoms with van der Waals surface area (Å²) in [6.07, 6.45) is 0. The normalized spacial score (nSPS) is 24.1. The van der Waals surface area contributed by atoms with Crippen LogP contribution in [0.3, 0.4) is 0 Å². The third-order valence-corrected chi connectivity index (χ3v) is 3.12. The molecule has 2 N–H and O–H groups in total. The van der Waals surface area contributed by atoms with Crippen LogP contribution >= 0.6 is 0 Å². The highest BCUT2D eigenvalue weighted by Crippen LogP contribution is 2.19. The van der Waals surface area contributed by atoms with Crippen molar-refractivity contribution in [2.45, 2.75) is 13.0 Å². The molecule has 1 fully saturated rings. The van der Waals surface area contributed by atoms with Gasteiger partial charge in [0.15, 0.2) is 0 Å². The topological polar surface area (TPSA) is 46.3 Å². The zero-order valence-electron chi connectivity index (χ0n) is 9.49. The summed E-state index contributed by atoms with van der Waals surface area (Å²) in [6, 6.07) is 2.77. The van der Waals surface area contributed by atoms with Gasteiger partial charge in [-0.25, -0.2) is 8.78 Å². The van der Waals surface area contributed by atoms with Crippen LogP contribution < -0.4 is 5.73 Å². The summed E-state index contributed by atoms with van der Waals surface area (Å²) >= 11 is 0. The highest BCUT2D eigenvalue weighted by molar-refractivity contribution is 5.94. The van der Waals surface area contributed by atoms with Crippen LogP contribution in [0.25, 0.3) is 0 Å². The van der Waals surface area contributed by atoms with Crippen molar-refractivity contribution in [3.63, 3.8) is 0 Å². The molecule has 3 nitrogen and oxygen atoms in total. The molecule has 1 saturated heterocycles. The third-order valence-electron chi connectivity index (χ3n) is 3.12. The van der Waals surface area contributed by atoms with Gasteiger partial charge < -0.3 is 10.6 Å². The standard InChI is InChI=1S/C12H14F2N2O/c1-7-5-16(6-11(7)15)12(17)9-4-8(13)2-3-10(9)14/h2-4,7,11H,5-6,15H2,1H3. The monoisotopic (exact) mass is 240 g/mol. The van der Waals surface area contributed by atoms with Gasteiger partial charge in [-0.15, -0.1) is 0 Å². The van der Waals surface area contributed by atoms with Gasteiger partial charge in [-0.3, -0.25) is 4.79 Å². The van der Waals surface area contributed by atoms with E-state index >= 15 is 0 Å². The molecule has 1 amide bonds. The van der Waals surface area contributed by atoms with E-state index in [2.05, 4.69) is 0 Å². The molecule has 0 bridgehead atoms. The molecular formula is C12H14F2N2O. The fourth-order valence-corrected chi connectivity index (χ4v) is 1.99. The van der Waals surface area contributed by atoms with Gasteiger partial charge in [0.25, 0.3) is 5.91 Å². The average molecular weight is 240 g/mol. The van der Waals surface area contributed by atoms with Gasteiger partial charge in [-0.05, 0) is 24.1 Å². The lowest BCUT2D eigenvalue weighted by molar-refractivity contribution is 0.0781. The summed E-state index contributed by atoms with van der Waals surface area (Å²) in [6.45, 7) is 2.80. The quantitative estimate of drug-likeness (QED) is 0.806. The van der Waals surface area contributed by atoms with Crippen LogP contribution in [0.4, 0.5) is 8.78 Å². The molecule has 5 heteroatoms. The number of carbonyl (C=O) groups is 1. The molecule has 0 radical (unpaired) electrons. The smallest absolute Gasteiger partial charge is 0.256 e. The summed E-state index contributed by atoms with van der Waals surface area (Å²) in [5, 5.41) is 0. The molecule has 1 aromatic carbocycles. The largest absolute Gasteiger partial charge is 0.337 e. The van der Waals surface area contributed by atoms with E-state index in [1.54, 1.807) is 0 Å². The molecule has 0 saturated carbocycles. The SMILES string of the molecule is CC1CN(C(=O)c2cc(F)ccc2F)CC1N. The van der Waals surface area contributed by atoms with Crippen LogP contribution in [0.15, 0.2) is 18.2 Å². The lowest BCUT2D eigenvalue weighted by Gasteiger charge is -2.16. The van der Waals surface area contributed by atoms with E-state index in [0.29, 0.717) is 13.1 Å². The van der Waals surface area contributed by atoms with Crippen LogP contribution in [-0.4, -0.2) is 29.9 Å². The molecule has 2 atom stereocenters. The van der Waals surface area contributed by atoms with E-state index in [1.807, 2.05) is 6.92 Å². The summed E-state index contributed by atoms with van der Waals surface area (Å²) in [7, 11) is 0. The van der Waals surface area contributed by atoms with Crippen LogP contribution in [0.5, 0.6) is 0 Å². The number of hydrogen-bond donors (Lipinski definition) is 1. The summed E-state index contributed by atoms with van der Waals surface area (Å²) in [5.41, 5.74) is 5.56. The van der Waals surface area contributed by atoms with Crippen LogP contribution in [-0.2, 0) is 0 Å². The predicted octanol–water partition coefficient (Wildman–Crippen LogP) is 1.38. The van der Waals surface area contributed by atoms with Gasteiger partial charge in [0.05, 0.1) is 5.56 Å². The predicted molar refractivity (Wildman–Crippen MR) is 59.4 cm³/mol. The Morgan fingerprint density at radius 3 is 2.71 bits per heavy atom. The van der Waals surface area contributed by atoms with Crippen molar-refractivity contribution in [2.75, 3.05) is 13.1 Å². The fraction of sp³-hybridized carbons (Fsp3) is 0.417. The molecule has 1 aromatic rings.